The van der Waals surface area contributed by atoms with Crippen LogP contribution in [0, 0.1) is 11.7 Å². The number of aromatic nitrogens is 3. The van der Waals surface area contributed by atoms with E-state index >= 15 is 0 Å². The standard InChI is InChI=1S/C19H20FN5OS/c1-19(11-21,12-4-5-12)23-18(26)16-22-17(15-3-2-10-27-15)25(24-16)14-8-6-13(20)7-9-14/h2-3,6-10,12H,4-5,11,21H2,1H3,(H,23,26). The van der Waals surface area contributed by atoms with Crippen LogP contribution in [-0.4, -0.2) is 32.8 Å². The summed E-state index contributed by atoms with van der Waals surface area (Å²) in [7, 11) is 0. The highest BCUT2D eigenvalue weighted by molar-refractivity contribution is 7.13. The van der Waals surface area contributed by atoms with Gasteiger partial charge in [0.05, 0.1) is 16.1 Å². The van der Waals surface area contributed by atoms with Crippen molar-refractivity contribution in [2.24, 2.45) is 11.7 Å². The summed E-state index contributed by atoms with van der Waals surface area (Å²) >= 11 is 1.50. The molecule has 1 aliphatic carbocycles. The van der Waals surface area contributed by atoms with E-state index in [1.807, 2.05) is 24.4 Å². The lowest BCUT2D eigenvalue weighted by Gasteiger charge is -2.28. The van der Waals surface area contributed by atoms with Gasteiger partial charge in [0.2, 0.25) is 5.82 Å². The van der Waals surface area contributed by atoms with Crippen molar-refractivity contribution in [2.45, 2.75) is 25.3 Å². The number of thiophene rings is 1. The molecule has 0 saturated heterocycles. The minimum absolute atomic E-state index is 0.0723. The Hall–Kier alpha value is -2.58. The van der Waals surface area contributed by atoms with Crippen molar-refractivity contribution < 1.29 is 9.18 Å². The fraction of sp³-hybridized carbons (Fsp3) is 0.316. The van der Waals surface area contributed by atoms with E-state index in [1.54, 1.807) is 16.8 Å². The summed E-state index contributed by atoms with van der Waals surface area (Å²) in [5.41, 5.74) is 6.07. The Morgan fingerprint density at radius 1 is 1.37 bits per heavy atom. The van der Waals surface area contributed by atoms with Crippen LogP contribution >= 0.6 is 11.3 Å². The van der Waals surface area contributed by atoms with Gasteiger partial charge in [-0.2, -0.15) is 0 Å². The lowest BCUT2D eigenvalue weighted by molar-refractivity contribution is 0.0887. The Kier molecular flexibility index (Phi) is 4.53. The van der Waals surface area contributed by atoms with Crippen LogP contribution in [0.3, 0.4) is 0 Å². The molecule has 1 unspecified atom stereocenters. The Morgan fingerprint density at radius 3 is 2.70 bits per heavy atom. The van der Waals surface area contributed by atoms with E-state index in [9.17, 15) is 9.18 Å². The number of nitrogens with one attached hydrogen (secondary N) is 1. The highest BCUT2D eigenvalue weighted by Crippen LogP contribution is 2.39. The molecule has 140 valence electrons. The molecule has 1 fully saturated rings. The van der Waals surface area contributed by atoms with Crippen molar-refractivity contribution >= 4 is 17.2 Å². The predicted molar refractivity (Wildman–Crippen MR) is 102 cm³/mol. The first kappa shape index (κ1) is 17.8. The van der Waals surface area contributed by atoms with Gasteiger partial charge in [-0.1, -0.05) is 6.07 Å². The molecule has 0 spiro atoms. The SMILES string of the molecule is CC(CN)(NC(=O)c1nc(-c2cccs2)n(-c2ccc(F)cc2)n1)C1CC1. The number of nitrogens with two attached hydrogens (primary N) is 1. The van der Waals surface area contributed by atoms with Crippen LogP contribution in [0.4, 0.5) is 4.39 Å². The molecule has 0 aliphatic heterocycles. The molecule has 1 atom stereocenters. The van der Waals surface area contributed by atoms with Crippen molar-refractivity contribution in [2.75, 3.05) is 6.54 Å². The van der Waals surface area contributed by atoms with Gasteiger partial charge in [-0.15, -0.1) is 16.4 Å². The number of rotatable bonds is 6. The van der Waals surface area contributed by atoms with Gasteiger partial charge >= 0.3 is 0 Å². The smallest absolute Gasteiger partial charge is 0.291 e. The number of amides is 1. The second-order valence-corrected chi connectivity index (χ2v) is 7.92. The Balaban J connectivity index is 1.71. The van der Waals surface area contributed by atoms with E-state index in [0.29, 0.717) is 24.0 Å². The lowest BCUT2D eigenvalue weighted by atomic mass is 9.96. The first-order chi connectivity index (χ1) is 13.0. The van der Waals surface area contributed by atoms with E-state index in [-0.39, 0.29) is 17.5 Å². The van der Waals surface area contributed by atoms with Crippen LogP contribution in [0.15, 0.2) is 41.8 Å². The first-order valence-electron chi connectivity index (χ1n) is 8.79. The number of hydrogen-bond acceptors (Lipinski definition) is 5. The van der Waals surface area contributed by atoms with Crippen LogP contribution < -0.4 is 11.1 Å². The molecule has 1 aromatic carbocycles. The van der Waals surface area contributed by atoms with Crippen molar-refractivity contribution in [3.63, 3.8) is 0 Å². The van der Waals surface area contributed by atoms with Crippen LogP contribution in [0.1, 0.15) is 30.4 Å². The minimum atomic E-state index is -0.457. The Bertz CT molecular complexity index is 949. The molecule has 0 radical (unpaired) electrons. The first-order valence-corrected chi connectivity index (χ1v) is 9.67. The number of benzene rings is 1. The van der Waals surface area contributed by atoms with Crippen LogP contribution in [0.25, 0.3) is 16.4 Å². The van der Waals surface area contributed by atoms with Crippen molar-refractivity contribution in [1.29, 1.82) is 0 Å². The molecule has 1 aliphatic rings. The van der Waals surface area contributed by atoms with Gasteiger partial charge < -0.3 is 11.1 Å². The zero-order chi connectivity index (χ0) is 19.0. The monoisotopic (exact) mass is 385 g/mol. The summed E-state index contributed by atoms with van der Waals surface area (Å²) in [5.74, 6) is 0.319. The molecular formula is C19H20FN5OS. The molecule has 27 heavy (non-hydrogen) atoms. The third-order valence-corrected chi connectivity index (χ3v) is 5.79. The van der Waals surface area contributed by atoms with Gasteiger partial charge in [-0.05, 0) is 61.4 Å². The summed E-state index contributed by atoms with van der Waals surface area (Å²) in [6.45, 7) is 2.32. The van der Waals surface area contributed by atoms with Gasteiger partial charge in [0.25, 0.3) is 5.91 Å². The largest absolute Gasteiger partial charge is 0.343 e. The molecule has 3 aromatic rings. The average Bonchev–Trinajstić information content (AvgIpc) is 3.22. The van der Waals surface area contributed by atoms with Crippen molar-refractivity contribution in [1.82, 2.24) is 20.1 Å². The average molecular weight is 385 g/mol. The lowest BCUT2D eigenvalue weighted by Crippen LogP contribution is -2.53. The normalized spacial score (nSPS) is 16.1. The van der Waals surface area contributed by atoms with E-state index in [2.05, 4.69) is 15.4 Å². The summed E-state index contributed by atoms with van der Waals surface area (Å²) in [6.07, 6.45) is 2.12. The molecular weight excluding hydrogens is 365 g/mol. The van der Waals surface area contributed by atoms with Crippen molar-refractivity contribution in [3.8, 4) is 16.4 Å². The summed E-state index contributed by atoms with van der Waals surface area (Å²) < 4.78 is 14.9. The molecule has 3 N–H and O–H groups in total. The quantitative estimate of drug-likeness (QED) is 0.683. The van der Waals surface area contributed by atoms with Gasteiger partial charge in [-0.3, -0.25) is 4.79 Å². The van der Waals surface area contributed by atoms with Gasteiger partial charge in [0.1, 0.15) is 5.82 Å². The highest BCUT2D eigenvalue weighted by atomic mass is 32.1. The maximum atomic E-state index is 13.3. The third kappa shape index (κ3) is 3.50. The number of carbonyl (C=O) groups is 1. The zero-order valence-electron chi connectivity index (χ0n) is 14.9. The Labute approximate surface area is 160 Å². The second-order valence-electron chi connectivity index (χ2n) is 6.97. The number of carbonyl (C=O) groups excluding carboxylic acids is 1. The van der Waals surface area contributed by atoms with Crippen molar-refractivity contribution in [3.05, 3.63) is 53.4 Å². The molecule has 0 bridgehead atoms. The number of nitrogens with zero attached hydrogens (tertiary/aromatic N) is 3. The fourth-order valence-electron chi connectivity index (χ4n) is 3.09. The summed E-state index contributed by atoms with van der Waals surface area (Å²) in [6, 6.07) is 9.74. The molecule has 2 aromatic heterocycles. The maximum absolute atomic E-state index is 13.3. The topological polar surface area (TPSA) is 85.8 Å². The number of hydrogen-bond donors (Lipinski definition) is 2. The van der Waals surface area contributed by atoms with Gasteiger partial charge in [-0.25, -0.2) is 14.1 Å². The molecule has 6 nitrogen and oxygen atoms in total. The van der Waals surface area contributed by atoms with E-state index in [1.165, 1.54) is 23.5 Å². The summed E-state index contributed by atoms with van der Waals surface area (Å²) in [5, 5.41) is 9.34. The summed E-state index contributed by atoms with van der Waals surface area (Å²) in [4.78, 5) is 18.1. The molecule has 2 heterocycles. The van der Waals surface area contributed by atoms with E-state index < -0.39 is 5.54 Å². The zero-order valence-corrected chi connectivity index (χ0v) is 15.7. The maximum Gasteiger partial charge on any atom is 0.291 e. The van der Waals surface area contributed by atoms with E-state index in [0.717, 1.165) is 17.7 Å². The fourth-order valence-corrected chi connectivity index (χ4v) is 3.79. The molecule has 1 amide bonds. The molecule has 8 heteroatoms. The minimum Gasteiger partial charge on any atom is -0.343 e. The Morgan fingerprint density at radius 2 is 2.11 bits per heavy atom. The molecule has 1 saturated carbocycles. The third-order valence-electron chi connectivity index (χ3n) is 4.92. The second kappa shape index (κ2) is 6.86. The van der Waals surface area contributed by atoms with Gasteiger partial charge in [0, 0.05) is 6.54 Å². The highest BCUT2D eigenvalue weighted by Gasteiger charge is 2.42. The number of halogens is 1. The van der Waals surface area contributed by atoms with Gasteiger partial charge in [0.15, 0.2) is 5.82 Å². The van der Waals surface area contributed by atoms with Crippen LogP contribution in [0.5, 0.6) is 0 Å². The van der Waals surface area contributed by atoms with E-state index in [4.69, 9.17) is 5.73 Å². The molecule has 4 rings (SSSR count). The predicted octanol–water partition coefficient (Wildman–Crippen LogP) is 2.99. The van der Waals surface area contributed by atoms with Crippen LogP contribution in [0.2, 0.25) is 0 Å². The van der Waals surface area contributed by atoms with Crippen LogP contribution in [-0.2, 0) is 0 Å².